The monoisotopic (exact) mass is 252 g/mol. The first-order valence-electron chi connectivity index (χ1n) is 5.98. The summed E-state index contributed by atoms with van der Waals surface area (Å²) in [5, 5.41) is 16.1. The summed E-state index contributed by atoms with van der Waals surface area (Å²) in [6.07, 6.45) is 6.54. The highest BCUT2D eigenvalue weighted by Gasteiger charge is 2.32. The molecule has 6 heteroatoms. The quantitative estimate of drug-likeness (QED) is 0.625. The van der Waals surface area contributed by atoms with Crippen molar-refractivity contribution in [2.45, 2.75) is 25.7 Å². The molecular formula is C11H16N4OS. The largest absolute Gasteiger partial charge is 0.394 e. The molecule has 0 saturated heterocycles. The third-order valence-corrected chi connectivity index (χ3v) is 3.73. The average molecular weight is 252 g/mol. The Bertz CT molecular complexity index is 418. The van der Waals surface area contributed by atoms with Gasteiger partial charge >= 0.3 is 0 Å². The maximum atomic E-state index is 8.94. The van der Waals surface area contributed by atoms with Crippen molar-refractivity contribution in [1.29, 1.82) is 0 Å². The first kappa shape index (κ1) is 11.0. The van der Waals surface area contributed by atoms with Crippen LogP contribution in [0.4, 0.5) is 0 Å². The van der Waals surface area contributed by atoms with Crippen LogP contribution >= 0.6 is 12.2 Å². The molecule has 1 aliphatic carbocycles. The number of hydrogen-bond donors (Lipinski definition) is 3. The van der Waals surface area contributed by atoms with Crippen molar-refractivity contribution < 1.29 is 5.11 Å². The zero-order valence-corrected chi connectivity index (χ0v) is 10.4. The molecule has 3 N–H and O–H groups in total. The van der Waals surface area contributed by atoms with Gasteiger partial charge in [0.25, 0.3) is 0 Å². The van der Waals surface area contributed by atoms with Crippen molar-refractivity contribution in [2.75, 3.05) is 13.2 Å². The number of allylic oxidation sites excluding steroid dienone is 1. The summed E-state index contributed by atoms with van der Waals surface area (Å²) < 4.78 is 0. The Hall–Kier alpha value is -1.11. The minimum absolute atomic E-state index is 0.116. The molecule has 92 valence electrons. The van der Waals surface area contributed by atoms with E-state index in [2.05, 4.69) is 10.9 Å². The second-order valence-corrected chi connectivity index (χ2v) is 4.85. The molecule has 0 aromatic rings. The summed E-state index contributed by atoms with van der Waals surface area (Å²) in [5.41, 5.74) is 5.69. The first-order chi connectivity index (χ1) is 8.29. The van der Waals surface area contributed by atoms with Crippen molar-refractivity contribution >= 4 is 17.2 Å². The predicted octanol–water partition coefficient (Wildman–Crippen LogP) is 0.573. The van der Waals surface area contributed by atoms with Crippen molar-refractivity contribution in [3.8, 4) is 0 Å². The van der Waals surface area contributed by atoms with Gasteiger partial charge < -0.3 is 10.4 Å². The molecule has 0 saturated carbocycles. The summed E-state index contributed by atoms with van der Waals surface area (Å²) >= 11 is 5.51. The van der Waals surface area contributed by atoms with Crippen LogP contribution in [-0.2, 0) is 0 Å². The topological polar surface area (TPSA) is 50.8 Å². The van der Waals surface area contributed by atoms with Crippen LogP contribution in [0.1, 0.15) is 25.7 Å². The summed E-state index contributed by atoms with van der Waals surface area (Å²) in [4.78, 5) is 0.866. The van der Waals surface area contributed by atoms with Crippen LogP contribution in [0, 0.1) is 0 Å². The normalized spacial score (nSPS) is 23.4. The van der Waals surface area contributed by atoms with E-state index >= 15 is 0 Å². The van der Waals surface area contributed by atoms with E-state index in [0.29, 0.717) is 6.54 Å². The Morgan fingerprint density at radius 1 is 1.35 bits per heavy atom. The van der Waals surface area contributed by atoms with Gasteiger partial charge in [0.15, 0.2) is 0 Å². The van der Waals surface area contributed by atoms with Crippen LogP contribution in [-0.4, -0.2) is 33.3 Å². The number of nitrogens with one attached hydrogen (secondary N) is 2. The molecule has 2 heterocycles. The Morgan fingerprint density at radius 3 is 3.00 bits per heavy atom. The number of hydrogen-bond acceptors (Lipinski definition) is 5. The Labute approximate surface area is 106 Å². The van der Waals surface area contributed by atoms with E-state index < -0.39 is 0 Å². The standard InChI is InChI=1S/C11H16N4OS/c16-6-5-14-7-10-12-9-4-2-1-3-8(9)11(17)15(10)13-14/h7,12-13,16H,1-6H2. The lowest BCUT2D eigenvalue weighted by molar-refractivity contribution is 0.150. The molecule has 0 bridgehead atoms. The summed E-state index contributed by atoms with van der Waals surface area (Å²) in [6.45, 7) is 0.666. The molecular weight excluding hydrogens is 236 g/mol. The van der Waals surface area contributed by atoms with Gasteiger partial charge in [-0.1, -0.05) is 12.2 Å². The van der Waals surface area contributed by atoms with Crippen LogP contribution in [0.5, 0.6) is 0 Å². The number of rotatable bonds is 2. The number of fused-ring (bicyclic) bond motifs is 1. The van der Waals surface area contributed by atoms with Gasteiger partial charge in [0.2, 0.25) is 0 Å². The highest BCUT2D eigenvalue weighted by Crippen LogP contribution is 2.31. The van der Waals surface area contributed by atoms with Crippen LogP contribution in [0.25, 0.3) is 0 Å². The van der Waals surface area contributed by atoms with Gasteiger partial charge in [0.05, 0.1) is 19.4 Å². The van der Waals surface area contributed by atoms with Gasteiger partial charge in [-0.05, 0) is 25.7 Å². The van der Waals surface area contributed by atoms with E-state index in [1.165, 1.54) is 24.1 Å². The van der Waals surface area contributed by atoms with Crippen LogP contribution < -0.4 is 10.9 Å². The van der Waals surface area contributed by atoms with Gasteiger partial charge in [0, 0.05) is 11.3 Å². The zero-order valence-electron chi connectivity index (χ0n) is 9.57. The molecule has 0 amide bonds. The Morgan fingerprint density at radius 2 is 2.18 bits per heavy atom. The molecule has 0 aromatic carbocycles. The average Bonchev–Trinajstić information content (AvgIpc) is 2.73. The minimum Gasteiger partial charge on any atom is -0.394 e. The highest BCUT2D eigenvalue weighted by molar-refractivity contribution is 7.80. The second kappa shape index (κ2) is 4.29. The van der Waals surface area contributed by atoms with E-state index in [-0.39, 0.29) is 6.61 Å². The molecule has 3 aliphatic rings. The first-order valence-corrected chi connectivity index (χ1v) is 6.39. The maximum absolute atomic E-state index is 8.94. The molecule has 3 rings (SSSR count). The SMILES string of the molecule is OCCN1C=C2NC3=C(CCCC3)C(=S)N2N1. The van der Waals surface area contributed by atoms with Crippen molar-refractivity contribution in [3.05, 3.63) is 23.3 Å². The second-order valence-electron chi connectivity index (χ2n) is 4.46. The lowest BCUT2D eigenvalue weighted by atomic mass is 9.94. The molecule has 17 heavy (non-hydrogen) atoms. The number of aliphatic hydroxyl groups is 1. The summed E-state index contributed by atoms with van der Waals surface area (Å²) in [7, 11) is 0. The number of nitrogens with zero attached hydrogens (tertiary/aromatic N) is 2. The third-order valence-electron chi connectivity index (χ3n) is 3.30. The molecule has 0 atom stereocenters. The molecule has 0 fully saturated rings. The molecule has 5 nitrogen and oxygen atoms in total. The molecule has 0 aromatic heterocycles. The van der Waals surface area contributed by atoms with Crippen molar-refractivity contribution in [3.63, 3.8) is 0 Å². The van der Waals surface area contributed by atoms with E-state index in [4.69, 9.17) is 17.3 Å². The van der Waals surface area contributed by atoms with Crippen LogP contribution in [0.15, 0.2) is 23.3 Å². The fourth-order valence-electron chi connectivity index (χ4n) is 2.45. The minimum atomic E-state index is 0.116. The number of β-amino-alcohol motifs (C(OH)–C–C–N with tert-alkyl or cyclic N) is 1. The summed E-state index contributed by atoms with van der Waals surface area (Å²) in [5.74, 6) is 0.962. The van der Waals surface area contributed by atoms with Gasteiger partial charge in [-0.25, -0.2) is 5.01 Å². The fraction of sp³-hybridized carbons (Fsp3) is 0.545. The number of hydrazine groups is 2. The van der Waals surface area contributed by atoms with Gasteiger partial charge in [0.1, 0.15) is 10.8 Å². The van der Waals surface area contributed by atoms with E-state index in [9.17, 15) is 0 Å². The Kier molecular flexibility index (Phi) is 2.78. The van der Waals surface area contributed by atoms with Crippen LogP contribution in [0.2, 0.25) is 0 Å². The van der Waals surface area contributed by atoms with E-state index in [1.54, 1.807) is 0 Å². The number of thiocarbonyl (C=S) groups is 1. The molecule has 0 unspecified atom stereocenters. The van der Waals surface area contributed by atoms with Crippen LogP contribution in [0.3, 0.4) is 0 Å². The van der Waals surface area contributed by atoms with Gasteiger partial charge in [-0.2, -0.15) is 0 Å². The molecule has 0 radical (unpaired) electrons. The van der Waals surface area contributed by atoms with Gasteiger partial charge in [-0.3, -0.25) is 5.01 Å². The Balaban J connectivity index is 1.84. The highest BCUT2D eigenvalue weighted by atomic mass is 32.1. The van der Waals surface area contributed by atoms with E-state index in [1.807, 2.05) is 16.2 Å². The summed E-state index contributed by atoms with van der Waals surface area (Å²) in [6, 6.07) is 0. The maximum Gasteiger partial charge on any atom is 0.145 e. The van der Waals surface area contributed by atoms with Crippen molar-refractivity contribution in [2.24, 2.45) is 0 Å². The zero-order chi connectivity index (χ0) is 11.8. The smallest absolute Gasteiger partial charge is 0.145 e. The number of aliphatic hydroxyl groups excluding tert-OH is 1. The van der Waals surface area contributed by atoms with Crippen molar-refractivity contribution in [1.82, 2.24) is 20.9 Å². The fourth-order valence-corrected chi connectivity index (χ4v) is 2.82. The van der Waals surface area contributed by atoms with E-state index in [0.717, 1.165) is 23.7 Å². The lowest BCUT2D eigenvalue weighted by Crippen LogP contribution is -2.49. The van der Waals surface area contributed by atoms with Gasteiger partial charge in [-0.15, -0.1) is 5.53 Å². The molecule has 2 aliphatic heterocycles. The predicted molar refractivity (Wildman–Crippen MR) is 68.1 cm³/mol. The third kappa shape index (κ3) is 1.82. The molecule has 0 spiro atoms. The lowest BCUT2D eigenvalue weighted by Gasteiger charge is -2.34.